The molecule has 5 atom stereocenters. The van der Waals surface area contributed by atoms with Crippen molar-refractivity contribution >= 4 is 14.3 Å². The SMILES string of the molecule is CCOC(=O)C(O)c1cn([C@@H]2O[C@H](CC)C(C)[C@@H]2O[Si](C)(C)C(C)(C)C)c(=O)[nH]c1=O. The molecule has 0 saturated carbocycles. The number of nitrogens with one attached hydrogen (secondary N) is 1. The lowest BCUT2D eigenvalue weighted by Crippen LogP contribution is -2.48. The lowest BCUT2D eigenvalue weighted by Gasteiger charge is -2.40. The van der Waals surface area contributed by atoms with Crippen molar-refractivity contribution in [2.75, 3.05) is 6.61 Å². The molecule has 176 valence electrons. The van der Waals surface area contributed by atoms with Crippen molar-refractivity contribution in [1.29, 1.82) is 0 Å². The summed E-state index contributed by atoms with van der Waals surface area (Å²) in [4.78, 5) is 39.1. The molecule has 1 aliphatic heterocycles. The molecule has 0 aliphatic carbocycles. The molecule has 0 bridgehead atoms. The molecule has 9 nitrogen and oxygen atoms in total. The highest BCUT2D eigenvalue weighted by Crippen LogP contribution is 2.43. The smallest absolute Gasteiger partial charge is 0.339 e. The molecule has 1 aromatic rings. The number of ether oxygens (including phenoxy) is 2. The standard InChI is InChI=1S/C21H36N2O7Si/c1-9-14-12(3)16(30-31(7,8)21(4,5)6)18(29-14)23-11-13(17(25)22-20(23)27)15(24)19(26)28-10-2/h11-12,14-16,18,24H,9-10H2,1-8H3,(H,22,25,27)/t12?,14-,15?,16+,18-/m1/s1. The number of carbonyl (C=O) groups is 1. The Bertz CT molecular complexity index is 902. The third-order valence-corrected chi connectivity index (χ3v) is 10.9. The Morgan fingerprint density at radius 2 is 1.94 bits per heavy atom. The minimum absolute atomic E-state index is 0.00128. The van der Waals surface area contributed by atoms with Crippen molar-refractivity contribution < 1.29 is 23.8 Å². The van der Waals surface area contributed by atoms with Crippen LogP contribution < -0.4 is 11.2 Å². The molecule has 2 N–H and O–H groups in total. The van der Waals surface area contributed by atoms with Gasteiger partial charge in [0.15, 0.2) is 20.6 Å². The van der Waals surface area contributed by atoms with Gasteiger partial charge in [0.2, 0.25) is 0 Å². The number of H-pyrrole nitrogens is 1. The Morgan fingerprint density at radius 1 is 1.32 bits per heavy atom. The van der Waals surface area contributed by atoms with Crippen LogP contribution in [0, 0.1) is 5.92 Å². The number of aliphatic hydroxyl groups excluding tert-OH is 1. The average molecular weight is 457 g/mol. The summed E-state index contributed by atoms with van der Waals surface area (Å²) in [6.07, 6.45) is -1.27. The summed E-state index contributed by atoms with van der Waals surface area (Å²) < 4.78 is 18.9. The summed E-state index contributed by atoms with van der Waals surface area (Å²) in [5.41, 5.74) is -1.82. The van der Waals surface area contributed by atoms with E-state index >= 15 is 0 Å². The third kappa shape index (κ3) is 5.19. The van der Waals surface area contributed by atoms with Crippen LogP contribution in [0.5, 0.6) is 0 Å². The van der Waals surface area contributed by atoms with Gasteiger partial charge < -0.3 is 19.0 Å². The van der Waals surface area contributed by atoms with Gasteiger partial charge in [0.05, 0.1) is 24.4 Å². The highest BCUT2D eigenvalue weighted by Gasteiger charge is 2.49. The van der Waals surface area contributed by atoms with Gasteiger partial charge in [-0.15, -0.1) is 0 Å². The molecule has 1 saturated heterocycles. The Kier molecular flexibility index (Phi) is 7.73. The molecule has 2 heterocycles. The van der Waals surface area contributed by atoms with Crippen molar-refractivity contribution in [3.8, 4) is 0 Å². The highest BCUT2D eigenvalue weighted by atomic mass is 28.4. The first-order chi connectivity index (χ1) is 14.2. The Balaban J connectivity index is 2.53. The first-order valence-corrected chi connectivity index (χ1v) is 13.7. The number of esters is 1. The minimum Gasteiger partial charge on any atom is -0.464 e. The molecular weight excluding hydrogens is 420 g/mol. The predicted molar refractivity (Wildman–Crippen MR) is 118 cm³/mol. The summed E-state index contributed by atoms with van der Waals surface area (Å²) in [6.45, 7) is 16.3. The number of aliphatic hydroxyl groups is 1. The van der Waals surface area contributed by atoms with Gasteiger partial charge in [-0.3, -0.25) is 14.3 Å². The van der Waals surface area contributed by atoms with E-state index in [0.717, 1.165) is 6.42 Å². The molecule has 1 aromatic heterocycles. The fourth-order valence-electron chi connectivity index (χ4n) is 3.46. The van der Waals surface area contributed by atoms with Gasteiger partial charge in [-0.05, 0) is 31.5 Å². The number of hydrogen-bond acceptors (Lipinski definition) is 7. The number of rotatable bonds is 7. The van der Waals surface area contributed by atoms with Crippen LogP contribution in [0.2, 0.25) is 18.1 Å². The van der Waals surface area contributed by atoms with E-state index in [1.165, 1.54) is 10.8 Å². The van der Waals surface area contributed by atoms with Crippen molar-refractivity contribution in [3.63, 3.8) is 0 Å². The van der Waals surface area contributed by atoms with E-state index in [4.69, 9.17) is 13.9 Å². The van der Waals surface area contributed by atoms with Crippen LogP contribution in [0.15, 0.2) is 15.8 Å². The van der Waals surface area contributed by atoms with E-state index in [1.54, 1.807) is 6.92 Å². The first kappa shape index (κ1) is 25.5. The molecule has 1 fully saturated rings. The fraction of sp³-hybridized carbons (Fsp3) is 0.762. The molecule has 31 heavy (non-hydrogen) atoms. The zero-order valence-electron chi connectivity index (χ0n) is 19.7. The number of aromatic nitrogens is 2. The minimum atomic E-state index is -2.21. The van der Waals surface area contributed by atoms with E-state index in [1.807, 2.05) is 13.8 Å². The van der Waals surface area contributed by atoms with Gasteiger partial charge >= 0.3 is 11.7 Å². The third-order valence-electron chi connectivity index (χ3n) is 6.41. The monoisotopic (exact) mass is 456 g/mol. The lowest BCUT2D eigenvalue weighted by molar-refractivity contribution is -0.153. The Hall–Kier alpha value is -1.75. The second kappa shape index (κ2) is 9.39. The van der Waals surface area contributed by atoms with Gasteiger partial charge in [0, 0.05) is 12.1 Å². The largest absolute Gasteiger partial charge is 0.464 e. The van der Waals surface area contributed by atoms with Gasteiger partial charge in [0.25, 0.3) is 5.56 Å². The Morgan fingerprint density at radius 3 is 2.45 bits per heavy atom. The number of carbonyl (C=O) groups excluding carboxylic acids is 1. The first-order valence-electron chi connectivity index (χ1n) is 10.8. The van der Waals surface area contributed by atoms with E-state index in [-0.39, 0.29) is 29.2 Å². The maximum atomic E-state index is 12.7. The summed E-state index contributed by atoms with van der Waals surface area (Å²) in [6, 6.07) is 0. The summed E-state index contributed by atoms with van der Waals surface area (Å²) >= 11 is 0. The molecule has 1 aliphatic rings. The predicted octanol–water partition coefficient (Wildman–Crippen LogP) is 2.47. The van der Waals surface area contributed by atoms with Crippen molar-refractivity contribution in [1.82, 2.24) is 9.55 Å². The number of aromatic amines is 1. The van der Waals surface area contributed by atoms with Gasteiger partial charge in [-0.25, -0.2) is 9.59 Å². The molecule has 0 radical (unpaired) electrons. The van der Waals surface area contributed by atoms with E-state index < -0.39 is 44.0 Å². The molecule has 2 rings (SSSR count). The molecule has 10 heteroatoms. The molecule has 0 amide bonds. The quantitative estimate of drug-likeness (QED) is 0.478. The second-order valence-corrected chi connectivity index (χ2v) is 14.3. The molecular formula is C21H36N2O7Si. The number of nitrogens with zero attached hydrogens (tertiary/aromatic N) is 1. The zero-order chi connectivity index (χ0) is 23.7. The molecule has 0 spiro atoms. The Labute approximate surface area is 183 Å². The zero-order valence-corrected chi connectivity index (χ0v) is 20.7. The van der Waals surface area contributed by atoms with Gasteiger partial charge in [0.1, 0.15) is 0 Å². The van der Waals surface area contributed by atoms with Crippen LogP contribution in [0.25, 0.3) is 0 Å². The maximum Gasteiger partial charge on any atom is 0.339 e. The fourth-order valence-corrected chi connectivity index (χ4v) is 4.82. The average Bonchev–Trinajstić information content (AvgIpc) is 2.96. The van der Waals surface area contributed by atoms with Crippen LogP contribution in [0.4, 0.5) is 0 Å². The van der Waals surface area contributed by atoms with Crippen molar-refractivity contribution in [2.24, 2.45) is 5.92 Å². The van der Waals surface area contributed by atoms with Crippen molar-refractivity contribution in [2.45, 2.75) is 90.6 Å². The normalized spacial score (nSPS) is 25.5. The number of hydrogen-bond donors (Lipinski definition) is 2. The van der Waals surface area contributed by atoms with Crippen LogP contribution in [-0.2, 0) is 18.7 Å². The summed E-state index contributed by atoms with van der Waals surface area (Å²) in [5, 5.41) is 10.2. The molecule has 2 unspecified atom stereocenters. The van der Waals surface area contributed by atoms with E-state index in [2.05, 4.69) is 38.8 Å². The van der Waals surface area contributed by atoms with Crippen LogP contribution in [0.1, 0.15) is 65.9 Å². The van der Waals surface area contributed by atoms with Crippen LogP contribution in [-0.4, -0.2) is 47.8 Å². The maximum absolute atomic E-state index is 12.7. The molecule has 0 aromatic carbocycles. The van der Waals surface area contributed by atoms with Gasteiger partial charge in [-0.1, -0.05) is 34.6 Å². The van der Waals surface area contributed by atoms with E-state index in [9.17, 15) is 19.5 Å². The summed E-state index contributed by atoms with van der Waals surface area (Å²) in [5.74, 6) is -0.958. The van der Waals surface area contributed by atoms with Crippen LogP contribution >= 0.6 is 0 Å². The highest BCUT2D eigenvalue weighted by molar-refractivity contribution is 6.74. The summed E-state index contributed by atoms with van der Waals surface area (Å²) in [7, 11) is -2.21. The lowest BCUT2D eigenvalue weighted by atomic mass is 9.99. The van der Waals surface area contributed by atoms with E-state index in [0.29, 0.717) is 0 Å². The second-order valence-electron chi connectivity index (χ2n) is 9.58. The van der Waals surface area contributed by atoms with Crippen molar-refractivity contribution in [3.05, 3.63) is 32.6 Å². The van der Waals surface area contributed by atoms with Gasteiger partial charge in [-0.2, -0.15) is 0 Å². The topological polar surface area (TPSA) is 120 Å². The van der Waals surface area contributed by atoms with Crippen LogP contribution in [0.3, 0.4) is 0 Å².